The molecular formula is C31H27ClFN9O2. The lowest BCUT2D eigenvalue weighted by Gasteiger charge is -2.22. The summed E-state index contributed by atoms with van der Waals surface area (Å²) in [6.45, 7) is 7.28. The molecule has 2 aromatic carbocycles. The molecule has 3 aromatic heterocycles. The highest BCUT2D eigenvalue weighted by Gasteiger charge is 2.25. The van der Waals surface area contributed by atoms with Gasteiger partial charge in [-0.15, -0.1) is 0 Å². The van der Waals surface area contributed by atoms with Gasteiger partial charge in [0.1, 0.15) is 23.7 Å². The van der Waals surface area contributed by atoms with E-state index in [4.69, 9.17) is 11.6 Å². The van der Waals surface area contributed by atoms with Crippen LogP contribution in [-0.4, -0.2) is 47.1 Å². The number of pyridine rings is 1. The van der Waals surface area contributed by atoms with Gasteiger partial charge < -0.3 is 10.6 Å². The number of anilines is 1. The number of rotatable bonds is 7. The van der Waals surface area contributed by atoms with Crippen molar-refractivity contribution < 1.29 is 14.0 Å². The number of carbonyl (C=O) groups is 2. The summed E-state index contributed by atoms with van der Waals surface area (Å²) < 4.78 is 14.7. The van der Waals surface area contributed by atoms with E-state index in [1.807, 2.05) is 20.8 Å². The SMILES string of the molecule is Cc1cc(C#N)cc(C(=O)NC(C)(C)C)c1NC(=O)c1cc(Cn2ncc(-c3ccc(F)cc3)n2)nn1-c1ncccc1Cl. The molecule has 11 nitrogen and oxygen atoms in total. The Morgan fingerprint density at radius 2 is 1.82 bits per heavy atom. The number of aryl methyl sites for hydroxylation is 1. The lowest BCUT2D eigenvalue weighted by Crippen LogP contribution is -2.41. The Hall–Kier alpha value is -5.41. The van der Waals surface area contributed by atoms with Crippen LogP contribution in [0.4, 0.5) is 10.1 Å². The van der Waals surface area contributed by atoms with Crippen molar-refractivity contribution in [3.05, 3.63) is 106 Å². The molecule has 0 spiro atoms. The van der Waals surface area contributed by atoms with Gasteiger partial charge in [-0.25, -0.2) is 14.1 Å². The second-order valence-corrected chi connectivity index (χ2v) is 11.4. The Kier molecular flexibility index (Phi) is 8.24. The first kappa shape index (κ1) is 30.1. The molecule has 0 unspecified atom stereocenters. The zero-order chi connectivity index (χ0) is 31.6. The molecule has 5 rings (SSSR count). The van der Waals surface area contributed by atoms with E-state index in [1.165, 1.54) is 33.9 Å². The van der Waals surface area contributed by atoms with Gasteiger partial charge in [0.25, 0.3) is 11.8 Å². The highest BCUT2D eigenvalue weighted by molar-refractivity contribution is 6.32. The van der Waals surface area contributed by atoms with E-state index in [1.54, 1.807) is 49.5 Å². The third-order valence-corrected chi connectivity index (χ3v) is 6.64. The van der Waals surface area contributed by atoms with Crippen molar-refractivity contribution in [3.8, 4) is 23.1 Å². The monoisotopic (exact) mass is 611 g/mol. The van der Waals surface area contributed by atoms with E-state index < -0.39 is 17.4 Å². The summed E-state index contributed by atoms with van der Waals surface area (Å²) in [5.41, 5.74) is 2.34. The summed E-state index contributed by atoms with van der Waals surface area (Å²) in [5, 5.41) is 28.8. The van der Waals surface area contributed by atoms with E-state index in [-0.39, 0.29) is 45.7 Å². The summed E-state index contributed by atoms with van der Waals surface area (Å²) in [6.07, 6.45) is 3.07. The standard InChI is InChI=1S/C31H27ClFN9O2/c1-18-12-19(15-34)13-23(29(43)38-31(2,3)4)27(18)37-30(44)26-14-22(39-42(26)28-24(32)6-5-11-35-28)17-41-36-16-25(40-41)20-7-9-21(33)10-8-20/h5-14,16H,17H2,1-4H3,(H,37,44)(H,38,43). The van der Waals surface area contributed by atoms with E-state index in [9.17, 15) is 19.2 Å². The summed E-state index contributed by atoms with van der Waals surface area (Å²) in [5.74, 6) is -1.18. The smallest absolute Gasteiger partial charge is 0.274 e. The summed E-state index contributed by atoms with van der Waals surface area (Å²) >= 11 is 6.44. The van der Waals surface area contributed by atoms with Gasteiger partial charge in [-0.2, -0.15) is 25.4 Å². The quantitative estimate of drug-likeness (QED) is 0.253. The van der Waals surface area contributed by atoms with Gasteiger partial charge in [-0.3, -0.25) is 9.59 Å². The summed E-state index contributed by atoms with van der Waals surface area (Å²) in [4.78, 5) is 32.8. The van der Waals surface area contributed by atoms with Crippen LogP contribution >= 0.6 is 11.6 Å². The molecule has 0 aliphatic carbocycles. The van der Waals surface area contributed by atoms with E-state index in [0.717, 1.165) is 0 Å². The molecule has 0 bridgehead atoms. The number of nitrogens with zero attached hydrogens (tertiary/aromatic N) is 7. The average molecular weight is 612 g/mol. The van der Waals surface area contributed by atoms with Crippen LogP contribution in [0.25, 0.3) is 17.1 Å². The first-order valence-corrected chi connectivity index (χ1v) is 13.8. The number of halogens is 2. The summed E-state index contributed by atoms with van der Waals surface area (Å²) in [6, 6.07) is 15.8. The second-order valence-electron chi connectivity index (χ2n) is 11.0. The van der Waals surface area contributed by atoms with Crippen molar-refractivity contribution in [2.75, 3.05) is 5.32 Å². The van der Waals surface area contributed by atoms with Gasteiger partial charge in [0.2, 0.25) is 0 Å². The van der Waals surface area contributed by atoms with Crippen LogP contribution in [0.3, 0.4) is 0 Å². The van der Waals surface area contributed by atoms with Crippen LogP contribution in [0, 0.1) is 24.1 Å². The van der Waals surface area contributed by atoms with Crippen LogP contribution in [-0.2, 0) is 6.54 Å². The minimum absolute atomic E-state index is 0.0810. The maximum absolute atomic E-state index is 13.9. The molecule has 0 aliphatic rings. The highest BCUT2D eigenvalue weighted by atomic mass is 35.5. The van der Waals surface area contributed by atoms with Crippen LogP contribution in [0.1, 0.15) is 58.4 Å². The van der Waals surface area contributed by atoms with E-state index in [2.05, 4.69) is 37.0 Å². The Balaban J connectivity index is 1.51. The van der Waals surface area contributed by atoms with E-state index >= 15 is 0 Å². The number of aromatic nitrogens is 6. The predicted octanol–water partition coefficient (Wildman–Crippen LogP) is 5.33. The molecule has 0 saturated carbocycles. The van der Waals surface area contributed by atoms with Crippen molar-refractivity contribution in [3.63, 3.8) is 0 Å². The molecule has 2 amide bonds. The van der Waals surface area contributed by atoms with Crippen molar-refractivity contribution >= 4 is 29.1 Å². The lowest BCUT2D eigenvalue weighted by atomic mass is 10.0. The normalized spacial score (nSPS) is 11.2. The fourth-order valence-corrected chi connectivity index (χ4v) is 4.62. The van der Waals surface area contributed by atoms with Crippen LogP contribution in [0.15, 0.2) is 67.0 Å². The van der Waals surface area contributed by atoms with Crippen molar-refractivity contribution in [2.24, 2.45) is 0 Å². The third kappa shape index (κ3) is 6.63. The topological polar surface area (TPSA) is 143 Å². The number of hydrogen-bond acceptors (Lipinski definition) is 7. The minimum Gasteiger partial charge on any atom is -0.347 e. The molecule has 0 aliphatic heterocycles. The molecule has 5 aromatic rings. The Labute approximate surface area is 257 Å². The number of benzene rings is 2. The van der Waals surface area contributed by atoms with Gasteiger partial charge in [0, 0.05) is 17.3 Å². The number of hydrogen-bond donors (Lipinski definition) is 2. The predicted molar refractivity (Wildman–Crippen MR) is 162 cm³/mol. The van der Waals surface area contributed by atoms with Gasteiger partial charge in [0.15, 0.2) is 5.82 Å². The zero-order valence-corrected chi connectivity index (χ0v) is 25.0. The van der Waals surface area contributed by atoms with Crippen molar-refractivity contribution in [1.29, 1.82) is 5.26 Å². The molecule has 0 atom stereocenters. The fourth-order valence-electron chi connectivity index (χ4n) is 4.42. The molecular weight excluding hydrogens is 585 g/mol. The van der Waals surface area contributed by atoms with Gasteiger partial charge in [-0.1, -0.05) is 11.6 Å². The van der Waals surface area contributed by atoms with Crippen molar-refractivity contribution in [2.45, 2.75) is 39.8 Å². The molecule has 13 heteroatoms. The largest absolute Gasteiger partial charge is 0.347 e. The second kappa shape index (κ2) is 12.1. The fraction of sp³-hybridized carbons (Fsp3) is 0.194. The van der Waals surface area contributed by atoms with Crippen molar-refractivity contribution in [1.82, 2.24) is 35.1 Å². The summed E-state index contributed by atoms with van der Waals surface area (Å²) in [7, 11) is 0. The molecule has 0 saturated heterocycles. The number of nitrogens with one attached hydrogen (secondary N) is 2. The number of carbonyl (C=O) groups excluding carboxylic acids is 2. The minimum atomic E-state index is -0.594. The van der Waals surface area contributed by atoms with Gasteiger partial charge in [0.05, 0.1) is 39.8 Å². The van der Waals surface area contributed by atoms with Crippen LogP contribution < -0.4 is 10.6 Å². The maximum Gasteiger partial charge on any atom is 0.274 e. The Bertz CT molecular complexity index is 1920. The average Bonchev–Trinajstić information content (AvgIpc) is 3.61. The molecule has 222 valence electrons. The van der Waals surface area contributed by atoms with Gasteiger partial charge in [-0.05, 0) is 87.9 Å². The Morgan fingerprint density at radius 3 is 2.50 bits per heavy atom. The maximum atomic E-state index is 13.9. The third-order valence-electron chi connectivity index (χ3n) is 6.35. The molecule has 3 heterocycles. The molecule has 0 fully saturated rings. The molecule has 0 radical (unpaired) electrons. The number of nitriles is 1. The first-order valence-electron chi connectivity index (χ1n) is 13.5. The lowest BCUT2D eigenvalue weighted by molar-refractivity contribution is 0.0920. The van der Waals surface area contributed by atoms with E-state index in [0.29, 0.717) is 22.5 Å². The molecule has 2 N–H and O–H groups in total. The van der Waals surface area contributed by atoms with Gasteiger partial charge >= 0.3 is 0 Å². The molecule has 44 heavy (non-hydrogen) atoms. The van der Waals surface area contributed by atoms with Crippen LogP contribution in [0.5, 0.6) is 0 Å². The van der Waals surface area contributed by atoms with Crippen LogP contribution in [0.2, 0.25) is 5.02 Å². The Morgan fingerprint density at radius 1 is 1.07 bits per heavy atom. The number of amides is 2. The zero-order valence-electron chi connectivity index (χ0n) is 24.3. The first-order chi connectivity index (χ1) is 20.9. The highest BCUT2D eigenvalue weighted by Crippen LogP contribution is 2.26.